The van der Waals surface area contributed by atoms with Crippen LogP contribution >= 0.6 is 0 Å². The molecule has 0 unspecified atom stereocenters. The van der Waals surface area contributed by atoms with Crippen LogP contribution in [0, 0.1) is 0 Å². The minimum absolute atomic E-state index is 0.216. The Bertz CT molecular complexity index is 302. The van der Waals surface area contributed by atoms with Crippen molar-refractivity contribution in [2.24, 2.45) is 5.73 Å². The Labute approximate surface area is 113 Å². The van der Waals surface area contributed by atoms with Gasteiger partial charge >= 0.3 is 12.1 Å². The van der Waals surface area contributed by atoms with E-state index in [1.807, 2.05) is 6.92 Å². The van der Waals surface area contributed by atoms with Gasteiger partial charge in [0.05, 0.1) is 12.5 Å². The lowest BCUT2D eigenvalue weighted by Crippen LogP contribution is -2.54. The Balaban J connectivity index is 4.49. The lowest BCUT2D eigenvalue weighted by atomic mass is 10.1. The van der Waals surface area contributed by atoms with E-state index < -0.39 is 29.7 Å². The number of ether oxygens (including phenoxy) is 1. The van der Waals surface area contributed by atoms with Gasteiger partial charge in [0, 0.05) is 12.6 Å². The molecule has 5 N–H and O–H groups in total. The van der Waals surface area contributed by atoms with Crippen molar-refractivity contribution in [2.75, 3.05) is 13.1 Å². The first-order valence-corrected chi connectivity index (χ1v) is 6.33. The third kappa shape index (κ3) is 9.26. The molecule has 0 aliphatic heterocycles. The van der Waals surface area contributed by atoms with Crippen LogP contribution in [0.1, 0.15) is 34.1 Å². The van der Waals surface area contributed by atoms with Crippen LogP contribution in [-0.4, -0.2) is 47.9 Å². The molecule has 0 aromatic carbocycles. The zero-order valence-electron chi connectivity index (χ0n) is 12.0. The molecule has 112 valence electrons. The maximum atomic E-state index is 11.7. The molecular formula is C12H25N3O4. The molecule has 0 fully saturated rings. The van der Waals surface area contributed by atoms with Gasteiger partial charge in [-0.3, -0.25) is 4.79 Å². The smallest absolute Gasteiger partial charge is 0.407 e. The van der Waals surface area contributed by atoms with Crippen molar-refractivity contribution >= 4 is 12.1 Å². The normalized spacial score (nSPS) is 14.6. The number of hydrogen-bond acceptors (Lipinski definition) is 5. The van der Waals surface area contributed by atoms with Crippen molar-refractivity contribution in [3.05, 3.63) is 0 Å². The number of aliphatic carboxylic acids is 1. The molecule has 2 atom stereocenters. The molecule has 1 amide bonds. The van der Waals surface area contributed by atoms with Crippen LogP contribution in [0.2, 0.25) is 0 Å². The van der Waals surface area contributed by atoms with Gasteiger partial charge in [-0.05, 0) is 27.3 Å². The molecule has 7 heteroatoms. The summed E-state index contributed by atoms with van der Waals surface area (Å²) in [6.07, 6.45) is -0.817. The van der Waals surface area contributed by atoms with Crippen LogP contribution in [0.4, 0.5) is 4.79 Å². The van der Waals surface area contributed by atoms with E-state index in [9.17, 15) is 9.59 Å². The van der Waals surface area contributed by atoms with E-state index in [0.29, 0.717) is 13.1 Å². The number of alkyl carbamates (subject to hydrolysis) is 1. The van der Waals surface area contributed by atoms with Gasteiger partial charge in [-0.25, -0.2) is 4.79 Å². The predicted octanol–water partition coefficient (Wildman–Crippen LogP) is 0.291. The molecule has 19 heavy (non-hydrogen) atoms. The summed E-state index contributed by atoms with van der Waals surface area (Å²) >= 11 is 0. The molecular weight excluding hydrogens is 250 g/mol. The van der Waals surface area contributed by atoms with Crippen LogP contribution in [0.25, 0.3) is 0 Å². The zero-order chi connectivity index (χ0) is 15.1. The van der Waals surface area contributed by atoms with Crippen molar-refractivity contribution in [1.82, 2.24) is 10.6 Å². The SMILES string of the molecule is CCNC[C@H](NC(=O)OC(C)(C)C)[C@H](N)CC(=O)O. The summed E-state index contributed by atoms with van der Waals surface area (Å²) in [6.45, 7) is 8.26. The Morgan fingerprint density at radius 3 is 2.37 bits per heavy atom. The number of nitrogens with two attached hydrogens (primary N) is 1. The first kappa shape index (κ1) is 17.7. The third-order valence-electron chi connectivity index (χ3n) is 2.24. The quantitative estimate of drug-likeness (QED) is 0.531. The van der Waals surface area contributed by atoms with Crippen molar-refractivity contribution in [1.29, 1.82) is 0 Å². The molecule has 0 aromatic heterocycles. The number of nitrogens with one attached hydrogen (secondary N) is 2. The predicted molar refractivity (Wildman–Crippen MR) is 71.9 cm³/mol. The van der Waals surface area contributed by atoms with E-state index in [0.717, 1.165) is 0 Å². The number of hydrogen-bond donors (Lipinski definition) is 4. The molecule has 0 aliphatic carbocycles. The summed E-state index contributed by atoms with van der Waals surface area (Å²) in [7, 11) is 0. The largest absolute Gasteiger partial charge is 0.481 e. The van der Waals surface area contributed by atoms with E-state index in [1.165, 1.54) is 0 Å². The summed E-state index contributed by atoms with van der Waals surface area (Å²) in [5.74, 6) is -1.00. The van der Waals surface area contributed by atoms with E-state index in [4.69, 9.17) is 15.6 Å². The van der Waals surface area contributed by atoms with Crippen molar-refractivity contribution in [2.45, 2.75) is 51.8 Å². The number of carbonyl (C=O) groups is 2. The first-order valence-electron chi connectivity index (χ1n) is 6.33. The highest BCUT2D eigenvalue weighted by molar-refractivity contribution is 5.69. The highest BCUT2D eigenvalue weighted by atomic mass is 16.6. The molecule has 7 nitrogen and oxygen atoms in total. The summed E-state index contributed by atoms with van der Waals surface area (Å²) in [5.41, 5.74) is 5.17. The minimum Gasteiger partial charge on any atom is -0.481 e. The van der Waals surface area contributed by atoms with Crippen LogP contribution in [0.15, 0.2) is 0 Å². The Kier molecular flexibility index (Phi) is 7.40. The highest BCUT2D eigenvalue weighted by Crippen LogP contribution is 2.07. The van der Waals surface area contributed by atoms with Crippen molar-refractivity contribution in [3.63, 3.8) is 0 Å². The number of rotatable bonds is 7. The molecule has 0 bridgehead atoms. The second-order valence-electron chi connectivity index (χ2n) is 5.32. The standard InChI is InChI=1S/C12H25N3O4/c1-5-14-7-9(8(13)6-10(16)17)15-11(18)19-12(2,3)4/h8-9,14H,5-7,13H2,1-4H3,(H,15,18)(H,16,17)/t8-,9+/m1/s1. The lowest BCUT2D eigenvalue weighted by Gasteiger charge is -2.26. The van der Waals surface area contributed by atoms with Crippen LogP contribution in [0.5, 0.6) is 0 Å². The number of amides is 1. The maximum Gasteiger partial charge on any atom is 0.407 e. The molecule has 0 rings (SSSR count). The summed E-state index contributed by atoms with van der Waals surface area (Å²) in [6, 6.07) is -1.17. The van der Waals surface area contributed by atoms with Gasteiger partial charge in [0.2, 0.25) is 0 Å². The average Bonchev–Trinajstić information content (AvgIpc) is 2.20. The number of carbonyl (C=O) groups excluding carboxylic acids is 1. The summed E-state index contributed by atoms with van der Waals surface area (Å²) in [5, 5.41) is 14.4. The van der Waals surface area contributed by atoms with E-state index in [-0.39, 0.29) is 6.42 Å². The fourth-order valence-electron chi connectivity index (χ4n) is 1.41. The molecule has 0 saturated heterocycles. The summed E-state index contributed by atoms with van der Waals surface area (Å²) in [4.78, 5) is 22.3. The molecule has 0 aliphatic rings. The fraction of sp³-hybridized carbons (Fsp3) is 0.833. The van der Waals surface area contributed by atoms with Gasteiger partial charge < -0.3 is 26.2 Å². The van der Waals surface area contributed by atoms with Gasteiger partial charge in [0.1, 0.15) is 5.60 Å². The van der Waals surface area contributed by atoms with Crippen molar-refractivity contribution in [3.8, 4) is 0 Å². The van der Waals surface area contributed by atoms with Crippen molar-refractivity contribution < 1.29 is 19.4 Å². The van der Waals surface area contributed by atoms with Crippen LogP contribution in [-0.2, 0) is 9.53 Å². The molecule has 0 radical (unpaired) electrons. The topological polar surface area (TPSA) is 114 Å². The zero-order valence-corrected chi connectivity index (χ0v) is 12.0. The Hall–Kier alpha value is -1.34. The Morgan fingerprint density at radius 2 is 1.95 bits per heavy atom. The van der Waals surface area contributed by atoms with Crippen LogP contribution in [0.3, 0.4) is 0 Å². The fourth-order valence-corrected chi connectivity index (χ4v) is 1.41. The highest BCUT2D eigenvalue weighted by Gasteiger charge is 2.24. The number of likely N-dealkylation sites (N-methyl/N-ethyl adjacent to an activating group) is 1. The monoisotopic (exact) mass is 275 g/mol. The van der Waals surface area contributed by atoms with Gasteiger partial charge in [-0.2, -0.15) is 0 Å². The summed E-state index contributed by atoms with van der Waals surface area (Å²) < 4.78 is 5.12. The second-order valence-corrected chi connectivity index (χ2v) is 5.32. The van der Waals surface area contributed by atoms with Gasteiger partial charge in [-0.1, -0.05) is 6.92 Å². The van der Waals surface area contributed by atoms with Gasteiger partial charge in [0.15, 0.2) is 0 Å². The maximum absolute atomic E-state index is 11.7. The minimum atomic E-state index is -1.00. The molecule has 0 spiro atoms. The molecule has 0 heterocycles. The molecule has 0 aromatic rings. The molecule has 0 saturated carbocycles. The van der Waals surface area contributed by atoms with Gasteiger partial charge in [-0.15, -0.1) is 0 Å². The third-order valence-corrected chi connectivity index (χ3v) is 2.24. The Morgan fingerprint density at radius 1 is 1.37 bits per heavy atom. The number of carboxylic acid groups (broad SMARTS) is 1. The van der Waals surface area contributed by atoms with E-state index in [2.05, 4.69) is 10.6 Å². The first-order chi connectivity index (χ1) is 8.65. The van der Waals surface area contributed by atoms with Gasteiger partial charge in [0.25, 0.3) is 0 Å². The van der Waals surface area contributed by atoms with E-state index in [1.54, 1.807) is 20.8 Å². The van der Waals surface area contributed by atoms with Crippen LogP contribution < -0.4 is 16.4 Å². The van der Waals surface area contributed by atoms with E-state index >= 15 is 0 Å². The average molecular weight is 275 g/mol. The lowest BCUT2D eigenvalue weighted by molar-refractivity contribution is -0.137. The number of carboxylic acids is 1. The second kappa shape index (κ2) is 7.96.